The number of benzene rings is 2. The quantitative estimate of drug-likeness (QED) is 0.773. The van der Waals surface area contributed by atoms with Gasteiger partial charge in [0.05, 0.1) is 7.11 Å². The van der Waals surface area contributed by atoms with Crippen LogP contribution in [0.3, 0.4) is 0 Å². The van der Waals surface area contributed by atoms with E-state index in [1.54, 1.807) is 29.2 Å². The van der Waals surface area contributed by atoms with E-state index in [1.807, 2.05) is 26.0 Å². The number of ether oxygens (including phenoxy) is 1. The predicted octanol–water partition coefficient (Wildman–Crippen LogP) is 3.31. The smallest absolute Gasteiger partial charge is 0.251 e. The van der Waals surface area contributed by atoms with Crippen LogP contribution in [-0.2, 0) is 11.3 Å². The van der Waals surface area contributed by atoms with E-state index in [0.717, 1.165) is 5.56 Å². The van der Waals surface area contributed by atoms with Gasteiger partial charge in [0, 0.05) is 31.6 Å². The van der Waals surface area contributed by atoms with Gasteiger partial charge in [0.2, 0.25) is 5.91 Å². The second-order valence-corrected chi connectivity index (χ2v) is 6.25. The van der Waals surface area contributed by atoms with Crippen molar-refractivity contribution >= 4 is 11.8 Å². The summed E-state index contributed by atoms with van der Waals surface area (Å²) in [6.45, 7) is 4.84. The van der Waals surface area contributed by atoms with Crippen molar-refractivity contribution in [2.75, 3.05) is 20.2 Å². The van der Waals surface area contributed by atoms with Gasteiger partial charge in [0.15, 0.2) is 11.6 Å². The molecule has 0 aliphatic rings. The maximum Gasteiger partial charge on any atom is 0.251 e. The highest BCUT2D eigenvalue weighted by Crippen LogP contribution is 2.18. The summed E-state index contributed by atoms with van der Waals surface area (Å²) in [6.07, 6.45) is 0.185. The Labute approximate surface area is 159 Å². The molecule has 0 saturated carbocycles. The zero-order valence-corrected chi connectivity index (χ0v) is 15.9. The number of hydrogen-bond donors (Lipinski definition) is 1. The average Bonchev–Trinajstić information content (AvgIpc) is 2.66. The minimum atomic E-state index is -0.455. The summed E-state index contributed by atoms with van der Waals surface area (Å²) in [5.41, 5.74) is 2.26. The number of methoxy groups -OCH3 is 1. The number of nitrogens with zero attached hydrogens (tertiary/aromatic N) is 1. The van der Waals surface area contributed by atoms with E-state index >= 15 is 0 Å². The van der Waals surface area contributed by atoms with Crippen LogP contribution in [0.4, 0.5) is 4.39 Å². The number of amides is 2. The molecular formula is C21H25FN2O3. The van der Waals surface area contributed by atoms with Gasteiger partial charge in [-0.1, -0.05) is 23.8 Å². The first-order valence-corrected chi connectivity index (χ1v) is 8.89. The van der Waals surface area contributed by atoms with Gasteiger partial charge in [-0.3, -0.25) is 9.59 Å². The molecule has 0 bridgehead atoms. The first-order valence-electron chi connectivity index (χ1n) is 8.89. The zero-order valence-electron chi connectivity index (χ0n) is 15.9. The molecule has 144 valence electrons. The van der Waals surface area contributed by atoms with Gasteiger partial charge in [-0.05, 0) is 43.7 Å². The third-order valence-electron chi connectivity index (χ3n) is 4.23. The van der Waals surface area contributed by atoms with E-state index in [2.05, 4.69) is 5.32 Å². The fraction of sp³-hybridized carbons (Fsp3) is 0.333. The molecule has 0 fully saturated rings. The highest BCUT2D eigenvalue weighted by Gasteiger charge is 2.14. The molecule has 0 saturated heterocycles. The topological polar surface area (TPSA) is 58.6 Å². The van der Waals surface area contributed by atoms with Crippen LogP contribution in [-0.4, -0.2) is 36.9 Å². The Balaban J connectivity index is 1.87. The predicted molar refractivity (Wildman–Crippen MR) is 102 cm³/mol. The summed E-state index contributed by atoms with van der Waals surface area (Å²) in [5, 5.41) is 2.76. The molecule has 2 rings (SSSR count). The van der Waals surface area contributed by atoms with Crippen molar-refractivity contribution in [2.45, 2.75) is 26.8 Å². The van der Waals surface area contributed by atoms with E-state index in [4.69, 9.17) is 4.74 Å². The summed E-state index contributed by atoms with van der Waals surface area (Å²) in [6, 6.07) is 11.9. The number of carbonyl (C=O) groups excluding carboxylic acids is 2. The van der Waals surface area contributed by atoms with Crippen molar-refractivity contribution < 1.29 is 18.7 Å². The lowest BCUT2D eigenvalue weighted by Crippen LogP contribution is -2.34. The monoisotopic (exact) mass is 372 g/mol. The van der Waals surface area contributed by atoms with E-state index in [-0.39, 0.29) is 30.5 Å². The summed E-state index contributed by atoms with van der Waals surface area (Å²) in [4.78, 5) is 26.2. The summed E-state index contributed by atoms with van der Waals surface area (Å²) in [5.74, 6) is -0.582. The normalized spacial score (nSPS) is 10.4. The summed E-state index contributed by atoms with van der Waals surface area (Å²) < 4.78 is 18.7. The molecule has 0 unspecified atom stereocenters. The van der Waals surface area contributed by atoms with E-state index in [1.165, 1.54) is 13.2 Å². The van der Waals surface area contributed by atoms with Crippen LogP contribution in [0, 0.1) is 12.7 Å². The van der Waals surface area contributed by atoms with Crippen molar-refractivity contribution in [3.05, 3.63) is 65.0 Å². The highest BCUT2D eigenvalue weighted by atomic mass is 19.1. The highest BCUT2D eigenvalue weighted by molar-refractivity contribution is 5.94. The van der Waals surface area contributed by atoms with Gasteiger partial charge in [0.1, 0.15) is 0 Å². The fourth-order valence-electron chi connectivity index (χ4n) is 2.73. The van der Waals surface area contributed by atoms with Crippen molar-refractivity contribution in [3.63, 3.8) is 0 Å². The SMILES string of the molecule is CCN(Cc1ccc(OC)c(F)c1)C(=O)CCNC(=O)c1cccc(C)c1. The van der Waals surface area contributed by atoms with Gasteiger partial charge in [0.25, 0.3) is 5.91 Å². The van der Waals surface area contributed by atoms with Crippen LogP contribution < -0.4 is 10.1 Å². The lowest BCUT2D eigenvalue weighted by Gasteiger charge is -2.21. The molecule has 1 N–H and O–H groups in total. The zero-order chi connectivity index (χ0) is 19.8. The van der Waals surface area contributed by atoms with Gasteiger partial charge in [-0.2, -0.15) is 0 Å². The molecule has 0 spiro atoms. The largest absolute Gasteiger partial charge is 0.494 e. The van der Waals surface area contributed by atoms with Crippen molar-refractivity contribution in [1.29, 1.82) is 0 Å². The van der Waals surface area contributed by atoms with Crippen LogP contribution in [0.5, 0.6) is 5.75 Å². The molecule has 0 aliphatic carbocycles. The lowest BCUT2D eigenvalue weighted by atomic mass is 10.1. The van der Waals surface area contributed by atoms with Crippen LogP contribution in [0.15, 0.2) is 42.5 Å². The Morgan fingerprint density at radius 2 is 1.96 bits per heavy atom. The third-order valence-corrected chi connectivity index (χ3v) is 4.23. The number of carbonyl (C=O) groups is 2. The van der Waals surface area contributed by atoms with Gasteiger partial charge in [-0.25, -0.2) is 4.39 Å². The molecule has 0 aliphatic heterocycles. The van der Waals surface area contributed by atoms with Gasteiger partial charge < -0.3 is 15.0 Å². The first-order chi connectivity index (χ1) is 12.9. The van der Waals surface area contributed by atoms with Crippen LogP contribution in [0.2, 0.25) is 0 Å². The lowest BCUT2D eigenvalue weighted by molar-refractivity contribution is -0.131. The average molecular weight is 372 g/mol. The number of hydrogen-bond acceptors (Lipinski definition) is 3. The van der Waals surface area contributed by atoms with E-state index < -0.39 is 5.82 Å². The minimum absolute atomic E-state index is 0.0988. The number of halogens is 1. The standard InChI is InChI=1S/C21H25FN2O3/c1-4-24(14-16-8-9-19(27-3)18(22)13-16)20(25)10-11-23-21(26)17-7-5-6-15(2)12-17/h5-9,12-13H,4,10-11,14H2,1-3H3,(H,23,26). The van der Waals surface area contributed by atoms with Crippen molar-refractivity contribution in [1.82, 2.24) is 10.2 Å². The molecule has 0 atom stereocenters. The molecule has 2 aromatic rings. The van der Waals surface area contributed by atoms with Crippen LogP contribution in [0.25, 0.3) is 0 Å². The molecule has 2 aromatic carbocycles. The minimum Gasteiger partial charge on any atom is -0.494 e. The Bertz CT molecular complexity index is 808. The Kier molecular flexibility index (Phi) is 7.34. The molecule has 0 aromatic heterocycles. The Morgan fingerprint density at radius 3 is 2.59 bits per heavy atom. The van der Waals surface area contributed by atoms with Crippen molar-refractivity contribution in [3.8, 4) is 5.75 Å². The number of aryl methyl sites for hydroxylation is 1. The maximum absolute atomic E-state index is 13.8. The van der Waals surface area contributed by atoms with E-state index in [9.17, 15) is 14.0 Å². The second kappa shape index (κ2) is 9.71. The van der Waals surface area contributed by atoms with Crippen LogP contribution >= 0.6 is 0 Å². The summed E-state index contributed by atoms with van der Waals surface area (Å²) >= 11 is 0. The van der Waals surface area contributed by atoms with Crippen LogP contribution in [0.1, 0.15) is 34.8 Å². The van der Waals surface area contributed by atoms with Gasteiger partial charge >= 0.3 is 0 Å². The molecular weight excluding hydrogens is 347 g/mol. The fourth-order valence-corrected chi connectivity index (χ4v) is 2.73. The third kappa shape index (κ3) is 5.81. The Morgan fingerprint density at radius 1 is 1.19 bits per heavy atom. The molecule has 2 amide bonds. The first kappa shape index (κ1) is 20.4. The Hall–Kier alpha value is -2.89. The van der Waals surface area contributed by atoms with Gasteiger partial charge in [-0.15, -0.1) is 0 Å². The molecule has 6 heteroatoms. The summed E-state index contributed by atoms with van der Waals surface area (Å²) in [7, 11) is 1.41. The number of nitrogens with one attached hydrogen (secondary N) is 1. The molecule has 0 heterocycles. The van der Waals surface area contributed by atoms with E-state index in [0.29, 0.717) is 24.2 Å². The molecule has 0 radical (unpaired) electrons. The maximum atomic E-state index is 13.8. The number of rotatable bonds is 8. The van der Waals surface area contributed by atoms with Crippen molar-refractivity contribution in [2.24, 2.45) is 0 Å². The molecule has 5 nitrogen and oxygen atoms in total. The molecule has 27 heavy (non-hydrogen) atoms. The second-order valence-electron chi connectivity index (χ2n) is 6.25.